The summed E-state index contributed by atoms with van der Waals surface area (Å²) in [6.07, 6.45) is 7.78. The van der Waals surface area contributed by atoms with Gasteiger partial charge < -0.3 is 16.0 Å². The second-order valence-electron chi connectivity index (χ2n) is 9.67. The van der Waals surface area contributed by atoms with E-state index in [0.717, 1.165) is 31.2 Å². The molecule has 0 saturated heterocycles. The lowest BCUT2D eigenvalue weighted by molar-refractivity contribution is -0.137. The largest absolute Gasteiger partial charge is 0.334 e. The van der Waals surface area contributed by atoms with Gasteiger partial charge in [0.05, 0.1) is 0 Å². The molecule has 31 heavy (non-hydrogen) atoms. The predicted molar refractivity (Wildman–Crippen MR) is 123 cm³/mol. The van der Waals surface area contributed by atoms with E-state index in [9.17, 15) is 9.59 Å². The molecule has 1 aliphatic rings. The van der Waals surface area contributed by atoms with Crippen LogP contribution in [0, 0.1) is 5.41 Å². The van der Waals surface area contributed by atoms with Crippen LogP contribution in [0.5, 0.6) is 0 Å². The maximum atomic E-state index is 13.3. The number of carbonyl (C=O) groups excluding carboxylic acids is 2. The second kappa shape index (κ2) is 10.1. The number of rotatable bonds is 6. The molecule has 1 aliphatic carbocycles. The fourth-order valence-corrected chi connectivity index (χ4v) is 4.12. The zero-order chi connectivity index (χ0) is 22.4. The highest BCUT2D eigenvalue weighted by Gasteiger charge is 2.32. The van der Waals surface area contributed by atoms with Crippen molar-refractivity contribution in [2.45, 2.75) is 71.5 Å². The van der Waals surface area contributed by atoms with Gasteiger partial charge in [0, 0.05) is 48.7 Å². The molecule has 1 saturated carbocycles. The van der Waals surface area contributed by atoms with Crippen molar-refractivity contribution in [1.29, 1.82) is 0 Å². The van der Waals surface area contributed by atoms with E-state index in [-0.39, 0.29) is 29.3 Å². The van der Waals surface area contributed by atoms with Gasteiger partial charge in [-0.05, 0) is 48.1 Å². The molecular weight excluding hydrogens is 388 g/mol. The topological polar surface area (TPSA) is 88.3 Å². The molecule has 1 heterocycles. The van der Waals surface area contributed by atoms with E-state index in [2.05, 4.69) is 31.1 Å². The van der Waals surface area contributed by atoms with Gasteiger partial charge in [0.25, 0.3) is 5.91 Å². The Morgan fingerprint density at radius 1 is 1.13 bits per heavy atom. The lowest BCUT2D eigenvalue weighted by Crippen LogP contribution is -2.52. The molecule has 0 aliphatic heterocycles. The Morgan fingerprint density at radius 2 is 1.84 bits per heavy atom. The Kier molecular flexibility index (Phi) is 7.44. The van der Waals surface area contributed by atoms with Gasteiger partial charge in [-0.3, -0.25) is 14.6 Å². The predicted octanol–water partition coefficient (Wildman–Crippen LogP) is 4.37. The van der Waals surface area contributed by atoms with Gasteiger partial charge >= 0.3 is 0 Å². The number of aromatic nitrogens is 1. The minimum Gasteiger partial charge on any atom is -0.334 e. The molecule has 6 nitrogen and oxygen atoms in total. The SMILES string of the molecule is CC(C)(C)CC(=O)N(Cc1cccc(NC(=O)c2ccncc2)c1)C1CCCCC1N. The van der Waals surface area contributed by atoms with E-state index in [1.807, 2.05) is 29.2 Å². The van der Waals surface area contributed by atoms with E-state index in [4.69, 9.17) is 5.73 Å². The molecule has 0 bridgehead atoms. The van der Waals surface area contributed by atoms with Crippen LogP contribution >= 0.6 is 0 Å². The highest BCUT2D eigenvalue weighted by molar-refractivity contribution is 6.04. The number of nitrogens with two attached hydrogens (primary N) is 1. The molecule has 6 heteroatoms. The van der Waals surface area contributed by atoms with Crippen molar-refractivity contribution in [3.8, 4) is 0 Å². The fourth-order valence-electron chi connectivity index (χ4n) is 4.12. The first kappa shape index (κ1) is 22.9. The van der Waals surface area contributed by atoms with Gasteiger partial charge in [0.15, 0.2) is 0 Å². The molecule has 2 atom stereocenters. The van der Waals surface area contributed by atoms with E-state index < -0.39 is 0 Å². The number of hydrogen-bond acceptors (Lipinski definition) is 4. The first-order chi connectivity index (χ1) is 14.7. The summed E-state index contributed by atoms with van der Waals surface area (Å²) < 4.78 is 0. The summed E-state index contributed by atoms with van der Waals surface area (Å²) in [4.78, 5) is 31.7. The summed E-state index contributed by atoms with van der Waals surface area (Å²) in [6.45, 7) is 6.74. The Bertz CT molecular complexity index is 892. The molecule has 1 aromatic heterocycles. The summed E-state index contributed by atoms with van der Waals surface area (Å²) >= 11 is 0. The monoisotopic (exact) mass is 422 g/mol. The highest BCUT2D eigenvalue weighted by atomic mass is 16.2. The smallest absolute Gasteiger partial charge is 0.255 e. The number of pyridine rings is 1. The van der Waals surface area contributed by atoms with E-state index in [0.29, 0.717) is 24.2 Å². The summed E-state index contributed by atoms with van der Waals surface area (Å²) in [5.41, 5.74) is 8.59. The normalized spacial score (nSPS) is 19.0. The Hall–Kier alpha value is -2.73. The minimum absolute atomic E-state index is 0.00671. The van der Waals surface area contributed by atoms with Crippen LogP contribution in [-0.4, -0.2) is 33.8 Å². The molecule has 3 N–H and O–H groups in total. The summed E-state index contributed by atoms with van der Waals surface area (Å²) in [5, 5.41) is 2.93. The standard InChI is InChI=1S/C25H34N4O2/c1-25(2,3)16-23(30)29(22-10-5-4-9-21(22)26)17-18-7-6-8-20(15-18)28-24(31)19-11-13-27-14-12-19/h6-8,11-15,21-22H,4-5,9-10,16-17,26H2,1-3H3,(H,28,31). The van der Waals surface area contributed by atoms with Crippen molar-refractivity contribution < 1.29 is 9.59 Å². The van der Waals surface area contributed by atoms with Gasteiger partial charge in [-0.15, -0.1) is 0 Å². The highest BCUT2D eigenvalue weighted by Crippen LogP contribution is 2.28. The molecule has 3 rings (SSSR count). The van der Waals surface area contributed by atoms with Crippen molar-refractivity contribution in [1.82, 2.24) is 9.88 Å². The Morgan fingerprint density at radius 3 is 2.52 bits per heavy atom. The number of hydrogen-bond donors (Lipinski definition) is 2. The fraction of sp³-hybridized carbons (Fsp3) is 0.480. The molecule has 2 amide bonds. The molecule has 0 spiro atoms. The zero-order valence-corrected chi connectivity index (χ0v) is 18.8. The van der Waals surface area contributed by atoms with Crippen LogP contribution in [0.15, 0.2) is 48.8 Å². The van der Waals surface area contributed by atoms with Crippen molar-refractivity contribution in [3.05, 3.63) is 59.9 Å². The Balaban J connectivity index is 1.78. The number of nitrogens with zero attached hydrogens (tertiary/aromatic N) is 2. The van der Waals surface area contributed by atoms with Gasteiger partial charge in [0.1, 0.15) is 0 Å². The molecule has 0 radical (unpaired) electrons. The van der Waals surface area contributed by atoms with Crippen LogP contribution < -0.4 is 11.1 Å². The maximum absolute atomic E-state index is 13.3. The Labute approximate surface area is 185 Å². The van der Waals surface area contributed by atoms with Crippen molar-refractivity contribution in [2.24, 2.45) is 11.1 Å². The van der Waals surface area contributed by atoms with Gasteiger partial charge in [-0.25, -0.2) is 0 Å². The van der Waals surface area contributed by atoms with Crippen molar-refractivity contribution in [2.75, 3.05) is 5.32 Å². The van der Waals surface area contributed by atoms with Crippen LogP contribution in [0.3, 0.4) is 0 Å². The average Bonchev–Trinajstić information content (AvgIpc) is 2.72. The summed E-state index contributed by atoms with van der Waals surface area (Å²) in [6, 6.07) is 11.1. The number of carbonyl (C=O) groups is 2. The van der Waals surface area contributed by atoms with E-state index >= 15 is 0 Å². The molecular formula is C25H34N4O2. The van der Waals surface area contributed by atoms with Crippen LogP contribution in [0.1, 0.15) is 68.8 Å². The van der Waals surface area contributed by atoms with Crippen LogP contribution in [-0.2, 0) is 11.3 Å². The average molecular weight is 423 g/mol. The molecule has 1 fully saturated rings. The lowest BCUT2D eigenvalue weighted by atomic mass is 9.87. The van der Waals surface area contributed by atoms with Crippen molar-refractivity contribution in [3.63, 3.8) is 0 Å². The van der Waals surface area contributed by atoms with Crippen LogP contribution in [0.25, 0.3) is 0 Å². The number of benzene rings is 1. The third kappa shape index (κ3) is 6.62. The molecule has 2 unspecified atom stereocenters. The summed E-state index contributed by atoms with van der Waals surface area (Å²) in [7, 11) is 0. The minimum atomic E-state index is -0.186. The van der Waals surface area contributed by atoms with Gasteiger partial charge in [-0.2, -0.15) is 0 Å². The third-order valence-corrected chi connectivity index (χ3v) is 5.66. The number of nitrogens with one attached hydrogen (secondary N) is 1. The molecule has 1 aromatic carbocycles. The lowest BCUT2D eigenvalue weighted by Gasteiger charge is -2.39. The molecule has 2 aromatic rings. The van der Waals surface area contributed by atoms with E-state index in [1.54, 1.807) is 24.5 Å². The maximum Gasteiger partial charge on any atom is 0.255 e. The third-order valence-electron chi connectivity index (χ3n) is 5.66. The first-order valence-electron chi connectivity index (χ1n) is 11.1. The van der Waals surface area contributed by atoms with E-state index in [1.165, 1.54) is 0 Å². The van der Waals surface area contributed by atoms with Gasteiger partial charge in [-0.1, -0.05) is 45.7 Å². The van der Waals surface area contributed by atoms with Gasteiger partial charge in [0.2, 0.25) is 5.91 Å². The van der Waals surface area contributed by atoms with Crippen molar-refractivity contribution >= 4 is 17.5 Å². The zero-order valence-electron chi connectivity index (χ0n) is 18.8. The van der Waals surface area contributed by atoms with Crippen LogP contribution in [0.2, 0.25) is 0 Å². The van der Waals surface area contributed by atoms with Crippen LogP contribution in [0.4, 0.5) is 5.69 Å². The first-order valence-corrected chi connectivity index (χ1v) is 11.1. The number of anilines is 1. The summed E-state index contributed by atoms with van der Waals surface area (Å²) in [5.74, 6) is -0.0457. The quantitative estimate of drug-likeness (QED) is 0.724. The molecule has 166 valence electrons. The number of amides is 2. The second-order valence-corrected chi connectivity index (χ2v) is 9.67.